The van der Waals surface area contributed by atoms with Crippen LogP contribution in [0.25, 0.3) is 0 Å². The highest BCUT2D eigenvalue weighted by atomic mass is 19.4. The monoisotopic (exact) mass is 304 g/mol. The van der Waals surface area contributed by atoms with Crippen molar-refractivity contribution >= 4 is 0 Å². The van der Waals surface area contributed by atoms with E-state index in [1.807, 2.05) is 0 Å². The zero-order chi connectivity index (χ0) is 15.7. The zero-order valence-corrected chi connectivity index (χ0v) is 12.0. The van der Waals surface area contributed by atoms with Crippen molar-refractivity contribution in [2.45, 2.75) is 43.2 Å². The van der Waals surface area contributed by atoms with Gasteiger partial charge in [0.05, 0.1) is 11.2 Å². The molecule has 0 unspecified atom stereocenters. The van der Waals surface area contributed by atoms with Gasteiger partial charge in [-0.2, -0.15) is 13.2 Å². The van der Waals surface area contributed by atoms with Gasteiger partial charge in [0, 0.05) is 27.1 Å². The number of rotatable bonds is 3. The lowest BCUT2D eigenvalue weighted by molar-refractivity contribution is -0.243. The highest BCUT2D eigenvalue weighted by Crippen LogP contribution is 2.43. The molecule has 1 aromatic carbocycles. The van der Waals surface area contributed by atoms with Crippen molar-refractivity contribution in [2.24, 2.45) is 0 Å². The maximum absolute atomic E-state index is 12.6. The Morgan fingerprint density at radius 3 is 1.81 bits per heavy atom. The fourth-order valence-corrected chi connectivity index (χ4v) is 2.79. The van der Waals surface area contributed by atoms with E-state index in [-0.39, 0.29) is 0 Å². The van der Waals surface area contributed by atoms with Crippen LogP contribution in [0, 0.1) is 0 Å². The van der Waals surface area contributed by atoms with Crippen molar-refractivity contribution in [1.82, 2.24) is 0 Å². The van der Waals surface area contributed by atoms with Gasteiger partial charge in [-0.3, -0.25) is 0 Å². The fourth-order valence-electron chi connectivity index (χ4n) is 2.79. The Morgan fingerprint density at radius 2 is 1.43 bits per heavy atom. The molecule has 1 aliphatic carbocycles. The van der Waals surface area contributed by atoms with Crippen molar-refractivity contribution in [2.75, 3.05) is 14.2 Å². The van der Waals surface area contributed by atoms with Crippen molar-refractivity contribution in [3.8, 4) is 0 Å². The topological polar surface area (TPSA) is 38.7 Å². The zero-order valence-electron chi connectivity index (χ0n) is 12.0. The molecule has 0 heterocycles. The van der Waals surface area contributed by atoms with E-state index < -0.39 is 23.1 Å². The van der Waals surface area contributed by atoms with Crippen LogP contribution in [0.2, 0.25) is 0 Å². The molecule has 118 valence electrons. The average Bonchev–Trinajstić information content (AvgIpc) is 2.48. The normalized spacial score (nSPS) is 21.2. The molecule has 2 rings (SSSR count). The van der Waals surface area contributed by atoms with Crippen LogP contribution in [-0.2, 0) is 21.3 Å². The molecule has 0 bridgehead atoms. The van der Waals surface area contributed by atoms with Crippen LogP contribution in [-0.4, -0.2) is 25.1 Å². The number of halogens is 3. The molecule has 1 aliphatic rings. The van der Waals surface area contributed by atoms with Crippen molar-refractivity contribution in [3.05, 3.63) is 35.4 Å². The summed E-state index contributed by atoms with van der Waals surface area (Å²) < 4.78 is 48.3. The Morgan fingerprint density at radius 1 is 0.952 bits per heavy atom. The molecule has 0 amide bonds. The summed E-state index contributed by atoms with van der Waals surface area (Å²) >= 11 is 0. The molecule has 0 spiro atoms. The van der Waals surface area contributed by atoms with E-state index in [1.54, 1.807) is 14.2 Å². The van der Waals surface area contributed by atoms with E-state index in [9.17, 15) is 18.3 Å². The third kappa shape index (κ3) is 3.22. The first kappa shape index (κ1) is 16.3. The van der Waals surface area contributed by atoms with E-state index >= 15 is 0 Å². The molecule has 1 aromatic rings. The quantitative estimate of drug-likeness (QED) is 0.869. The fraction of sp³-hybridized carbons (Fsp3) is 0.600. The summed E-state index contributed by atoms with van der Waals surface area (Å²) in [7, 11) is 3.10. The molecule has 0 atom stereocenters. The van der Waals surface area contributed by atoms with Crippen LogP contribution in [0.1, 0.15) is 36.8 Å². The first-order chi connectivity index (χ1) is 9.75. The smallest absolute Gasteiger partial charge is 0.385 e. The predicted molar refractivity (Wildman–Crippen MR) is 70.6 cm³/mol. The van der Waals surface area contributed by atoms with Crippen molar-refractivity contribution in [1.29, 1.82) is 0 Å². The highest BCUT2D eigenvalue weighted by molar-refractivity contribution is 5.29. The Bertz CT molecular complexity index is 468. The number of aliphatic hydroxyl groups is 1. The molecular weight excluding hydrogens is 285 g/mol. The highest BCUT2D eigenvalue weighted by Gasteiger charge is 2.43. The molecule has 0 saturated heterocycles. The van der Waals surface area contributed by atoms with E-state index in [1.165, 1.54) is 12.1 Å². The average molecular weight is 304 g/mol. The second-order valence-corrected chi connectivity index (χ2v) is 5.43. The van der Waals surface area contributed by atoms with Gasteiger partial charge in [-0.15, -0.1) is 0 Å². The number of benzene rings is 1. The summed E-state index contributed by atoms with van der Waals surface area (Å²) in [5.41, 5.74) is -1.35. The lowest BCUT2D eigenvalue weighted by atomic mass is 9.77. The van der Waals surface area contributed by atoms with Gasteiger partial charge < -0.3 is 14.6 Å². The summed E-state index contributed by atoms with van der Waals surface area (Å²) in [6.07, 6.45) is -2.65. The molecule has 3 nitrogen and oxygen atoms in total. The van der Waals surface area contributed by atoms with Gasteiger partial charge in [0.2, 0.25) is 0 Å². The van der Waals surface area contributed by atoms with Crippen LogP contribution >= 0.6 is 0 Å². The van der Waals surface area contributed by atoms with Gasteiger partial charge >= 0.3 is 6.18 Å². The molecule has 21 heavy (non-hydrogen) atoms. The second-order valence-electron chi connectivity index (χ2n) is 5.43. The third-order valence-electron chi connectivity index (χ3n) is 4.33. The molecule has 0 radical (unpaired) electrons. The minimum Gasteiger partial charge on any atom is -0.385 e. The SMILES string of the molecule is COC1(OC)CCC(O)(c2ccc(C(F)(F)F)cc2)CC1. The summed E-state index contributed by atoms with van der Waals surface area (Å²) in [6.45, 7) is 0. The van der Waals surface area contributed by atoms with Crippen LogP contribution in [0.3, 0.4) is 0 Å². The van der Waals surface area contributed by atoms with Gasteiger partial charge in [-0.25, -0.2) is 0 Å². The third-order valence-corrected chi connectivity index (χ3v) is 4.33. The first-order valence-corrected chi connectivity index (χ1v) is 6.75. The first-order valence-electron chi connectivity index (χ1n) is 6.75. The largest absolute Gasteiger partial charge is 0.416 e. The van der Waals surface area contributed by atoms with Gasteiger partial charge in [0.15, 0.2) is 5.79 Å². The minimum absolute atomic E-state index is 0.375. The molecule has 1 saturated carbocycles. The molecule has 1 fully saturated rings. The summed E-state index contributed by atoms with van der Waals surface area (Å²) in [4.78, 5) is 0. The van der Waals surface area contributed by atoms with Crippen LogP contribution in [0.5, 0.6) is 0 Å². The molecule has 1 N–H and O–H groups in total. The molecule has 6 heteroatoms. The number of ether oxygens (including phenoxy) is 2. The maximum Gasteiger partial charge on any atom is 0.416 e. The Labute approximate surface area is 121 Å². The van der Waals surface area contributed by atoms with Gasteiger partial charge in [0.1, 0.15) is 0 Å². The number of methoxy groups -OCH3 is 2. The predicted octanol–water partition coefficient (Wildman–Crippen LogP) is 3.46. The molecule has 0 aliphatic heterocycles. The standard InChI is InChI=1S/C15H19F3O3/c1-20-14(21-2)9-7-13(19,8-10-14)11-3-5-12(6-4-11)15(16,17)18/h3-6,19H,7-10H2,1-2H3. The van der Waals surface area contributed by atoms with E-state index in [0.717, 1.165) is 12.1 Å². The molecule has 0 aromatic heterocycles. The number of alkyl halides is 3. The van der Waals surface area contributed by atoms with Crippen molar-refractivity contribution in [3.63, 3.8) is 0 Å². The van der Waals surface area contributed by atoms with E-state index in [0.29, 0.717) is 31.2 Å². The van der Waals surface area contributed by atoms with Crippen LogP contribution in [0.4, 0.5) is 13.2 Å². The number of hydrogen-bond donors (Lipinski definition) is 1. The maximum atomic E-state index is 12.6. The second kappa shape index (κ2) is 5.59. The van der Waals surface area contributed by atoms with Gasteiger partial charge in [-0.05, 0) is 30.5 Å². The Kier molecular flexibility index (Phi) is 4.33. The van der Waals surface area contributed by atoms with Crippen LogP contribution in [0.15, 0.2) is 24.3 Å². The van der Waals surface area contributed by atoms with Gasteiger partial charge in [0.25, 0.3) is 0 Å². The lowest BCUT2D eigenvalue weighted by Crippen LogP contribution is -2.43. The molecular formula is C15H19F3O3. The summed E-state index contributed by atoms with van der Waals surface area (Å²) in [5.74, 6) is -0.710. The lowest BCUT2D eigenvalue weighted by Gasteiger charge is -2.42. The minimum atomic E-state index is -4.37. The number of hydrogen-bond acceptors (Lipinski definition) is 3. The van der Waals surface area contributed by atoms with Crippen molar-refractivity contribution < 1.29 is 27.8 Å². The Balaban J connectivity index is 2.15. The van der Waals surface area contributed by atoms with Crippen LogP contribution < -0.4 is 0 Å². The Hall–Kier alpha value is -1.11. The summed E-state index contributed by atoms with van der Waals surface area (Å²) in [6, 6.07) is 4.69. The van der Waals surface area contributed by atoms with E-state index in [2.05, 4.69) is 0 Å². The van der Waals surface area contributed by atoms with Gasteiger partial charge in [-0.1, -0.05) is 12.1 Å². The van der Waals surface area contributed by atoms with E-state index in [4.69, 9.17) is 9.47 Å². The summed E-state index contributed by atoms with van der Waals surface area (Å²) in [5, 5.41) is 10.7.